The molecular weight excluding hydrogens is 353 g/mol. The number of rotatable bonds is 4. The third-order valence-corrected chi connectivity index (χ3v) is 6.65. The van der Waals surface area contributed by atoms with Crippen molar-refractivity contribution in [1.82, 2.24) is 14.8 Å². The van der Waals surface area contributed by atoms with Gasteiger partial charge in [0.1, 0.15) is 11.4 Å². The zero-order valence-corrected chi connectivity index (χ0v) is 15.8. The Kier molecular flexibility index (Phi) is 4.27. The van der Waals surface area contributed by atoms with Crippen molar-refractivity contribution in [1.29, 1.82) is 0 Å². The van der Waals surface area contributed by atoms with Crippen molar-refractivity contribution in [3.63, 3.8) is 0 Å². The van der Waals surface area contributed by atoms with Crippen molar-refractivity contribution < 1.29 is 9.18 Å². The van der Waals surface area contributed by atoms with Crippen LogP contribution in [0.3, 0.4) is 0 Å². The zero-order chi connectivity index (χ0) is 19.1. The molecule has 1 amide bonds. The van der Waals surface area contributed by atoms with E-state index in [1.807, 2.05) is 23.2 Å². The number of hydrogen-bond acceptors (Lipinski definition) is 3. The first kappa shape index (κ1) is 17.6. The summed E-state index contributed by atoms with van der Waals surface area (Å²) in [6.45, 7) is 2.45. The van der Waals surface area contributed by atoms with Gasteiger partial charge in [0, 0.05) is 37.4 Å². The Hall–Kier alpha value is -2.53. The smallest absolute Gasteiger partial charge is 0.243 e. The topological polar surface area (TPSA) is 36.4 Å². The predicted octanol–water partition coefficient (Wildman–Crippen LogP) is 3.50. The summed E-state index contributed by atoms with van der Waals surface area (Å²) in [6, 6.07) is 10.8. The molecule has 3 fully saturated rings. The molecule has 1 aromatic carbocycles. The lowest BCUT2D eigenvalue weighted by Crippen LogP contribution is -2.50. The lowest BCUT2D eigenvalue weighted by molar-refractivity contribution is -0.137. The number of nitrogens with zero attached hydrogens (tertiary/aromatic N) is 3. The number of likely N-dealkylation sites (tertiary alicyclic amines) is 1. The number of benzene rings is 1. The second kappa shape index (κ2) is 6.82. The van der Waals surface area contributed by atoms with Gasteiger partial charge < -0.3 is 4.90 Å². The summed E-state index contributed by atoms with van der Waals surface area (Å²) < 4.78 is 13.1. The van der Waals surface area contributed by atoms with Crippen LogP contribution in [0, 0.1) is 11.7 Å². The van der Waals surface area contributed by atoms with E-state index < -0.39 is 0 Å². The summed E-state index contributed by atoms with van der Waals surface area (Å²) in [4.78, 5) is 22.1. The maximum atomic E-state index is 13.5. The Labute approximate surface area is 164 Å². The van der Waals surface area contributed by atoms with E-state index in [1.54, 1.807) is 18.3 Å². The first-order valence-electron chi connectivity index (χ1n) is 10.1. The third-order valence-electron chi connectivity index (χ3n) is 6.65. The van der Waals surface area contributed by atoms with E-state index in [1.165, 1.54) is 12.1 Å². The minimum absolute atomic E-state index is 0.217. The van der Waals surface area contributed by atoms with Crippen LogP contribution in [-0.2, 0) is 11.3 Å². The summed E-state index contributed by atoms with van der Waals surface area (Å²) in [7, 11) is 0. The number of pyridine rings is 1. The highest BCUT2D eigenvalue weighted by molar-refractivity contribution is 5.90. The molecule has 3 aliphatic rings. The molecule has 0 aliphatic carbocycles. The number of hydrogen-bond donors (Lipinski definition) is 0. The van der Waals surface area contributed by atoms with Gasteiger partial charge in [-0.3, -0.25) is 14.7 Å². The standard InChI is InChI=1S/C23H24FN3O/c24-20-7-4-17(5-8-20)6-9-21-13-19-16-26(15-18-3-1-11-25-14-18)22(28)23(19)10-2-12-27(21)23/h1,3-9,11,14,19,21H,2,10,12-13,15-16H2/t19-,21+,23-/m0/s1. The number of halogens is 1. The third kappa shape index (κ3) is 2.76. The first-order valence-corrected chi connectivity index (χ1v) is 10.1. The number of aromatic nitrogens is 1. The van der Waals surface area contributed by atoms with Gasteiger partial charge in [-0.25, -0.2) is 4.39 Å². The summed E-state index contributed by atoms with van der Waals surface area (Å²) in [6.07, 6.45) is 10.9. The van der Waals surface area contributed by atoms with Crippen LogP contribution in [0.4, 0.5) is 4.39 Å². The monoisotopic (exact) mass is 377 g/mol. The molecule has 0 saturated carbocycles. The van der Waals surface area contributed by atoms with Crippen molar-refractivity contribution in [3.8, 4) is 0 Å². The molecule has 0 N–H and O–H groups in total. The summed E-state index contributed by atoms with van der Waals surface area (Å²) in [5.41, 5.74) is 1.76. The Morgan fingerprint density at radius 1 is 1.25 bits per heavy atom. The molecule has 4 heterocycles. The fourth-order valence-corrected chi connectivity index (χ4v) is 5.46. The van der Waals surface area contributed by atoms with E-state index in [4.69, 9.17) is 0 Å². The second-order valence-electron chi connectivity index (χ2n) is 8.18. The molecule has 28 heavy (non-hydrogen) atoms. The van der Waals surface area contributed by atoms with Gasteiger partial charge in [0.05, 0.1) is 0 Å². The fraction of sp³-hybridized carbons (Fsp3) is 0.391. The van der Waals surface area contributed by atoms with Crippen molar-refractivity contribution in [3.05, 3.63) is 71.8 Å². The fourth-order valence-electron chi connectivity index (χ4n) is 5.46. The average Bonchev–Trinajstić information content (AvgIpc) is 3.34. The molecule has 3 atom stereocenters. The highest BCUT2D eigenvalue weighted by Gasteiger charge is 2.64. The van der Waals surface area contributed by atoms with Gasteiger partial charge in [-0.15, -0.1) is 0 Å². The second-order valence-corrected chi connectivity index (χ2v) is 8.18. The Balaban J connectivity index is 1.35. The maximum absolute atomic E-state index is 13.5. The van der Waals surface area contributed by atoms with Gasteiger partial charge in [-0.1, -0.05) is 30.4 Å². The van der Waals surface area contributed by atoms with Gasteiger partial charge >= 0.3 is 0 Å². The molecule has 0 unspecified atom stereocenters. The number of amides is 1. The first-order chi connectivity index (χ1) is 13.7. The molecule has 144 valence electrons. The number of carbonyl (C=O) groups is 1. The van der Waals surface area contributed by atoms with E-state index in [-0.39, 0.29) is 23.3 Å². The normalized spacial score (nSPS) is 29.6. The van der Waals surface area contributed by atoms with Crippen LogP contribution >= 0.6 is 0 Å². The highest BCUT2D eigenvalue weighted by Crippen LogP contribution is 2.51. The predicted molar refractivity (Wildman–Crippen MR) is 106 cm³/mol. The van der Waals surface area contributed by atoms with E-state index in [0.29, 0.717) is 12.5 Å². The van der Waals surface area contributed by atoms with Gasteiger partial charge in [-0.2, -0.15) is 0 Å². The molecule has 2 aromatic rings. The Bertz CT molecular complexity index is 898. The SMILES string of the molecule is O=C1N(Cc2cccnc2)C[C@@H]2C[C@@H](C=Cc3ccc(F)cc3)N3CCC[C@@]123. The minimum atomic E-state index is -0.319. The van der Waals surface area contributed by atoms with Crippen LogP contribution in [0.25, 0.3) is 6.08 Å². The largest absolute Gasteiger partial charge is 0.336 e. The highest BCUT2D eigenvalue weighted by atomic mass is 19.1. The molecular formula is C23H24FN3O. The van der Waals surface area contributed by atoms with Crippen LogP contribution in [0.2, 0.25) is 0 Å². The molecule has 3 aliphatic heterocycles. The Morgan fingerprint density at radius 3 is 2.89 bits per heavy atom. The van der Waals surface area contributed by atoms with Gasteiger partial charge in [-0.05, 0) is 55.1 Å². The van der Waals surface area contributed by atoms with E-state index in [9.17, 15) is 9.18 Å². The molecule has 0 radical (unpaired) electrons. The minimum Gasteiger partial charge on any atom is -0.336 e. The Morgan fingerprint density at radius 2 is 2.11 bits per heavy atom. The maximum Gasteiger partial charge on any atom is 0.243 e. The van der Waals surface area contributed by atoms with E-state index in [2.05, 4.69) is 22.0 Å². The zero-order valence-electron chi connectivity index (χ0n) is 15.8. The van der Waals surface area contributed by atoms with Crippen LogP contribution < -0.4 is 0 Å². The van der Waals surface area contributed by atoms with Crippen molar-refractivity contribution in [2.24, 2.45) is 5.92 Å². The molecule has 4 nitrogen and oxygen atoms in total. The van der Waals surface area contributed by atoms with Crippen LogP contribution in [0.5, 0.6) is 0 Å². The molecule has 3 saturated heterocycles. The van der Waals surface area contributed by atoms with Crippen LogP contribution in [0.15, 0.2) is 54.9 Å². The summed E-state index contributed by atoms with van der Waals surface area (Å²) in [5.74, 6) is 0.448. The molecule has 0 bridgehead atoms. The molecule has 1 spiro atoms. The lowest BCUT2D eigenvalue weighted by Gasteiger charge is -2.32. The summed E-state index contributed by atoms with van der Waals surface area (Å²) in [5, 5.41) is 0. The summed E-state index contributed by atoms with van der Waals surface area (Å²) >= 11 is 0. The van der Waals surface area contributed by atoms with Gasteiger partial charge in [0.2, 0.25) is 5.91 Å². The van der Waals surface area contributed by atoms with Crippen molar-refractivity contribution in [2.45, 2.75) is 37.4 Å². The van der Waals surface area contributed by atoms with Crippen molar-refractivity contribution >= 4 is 12.0 Å². The molecule has 1 aromatic heterocycles. The van der Waals surface area contributed by atoms with Crippen LogP contribution in [0.1, 0.15) is 30.4 Å². The average molecular weight is 377 g/mol. The van der Waals surface area contributed by atoms with Crippen LogP contribution in [-0.4, -0.2) is 45.4 Å². The molecule has 5 heteroatoms. The number of carbonyl (C=O) groups excluding carboxylic acids is 1. The van der Waals surface area contributed by atoms with Gasteiger partial charge in [0.25, 0.3) is 0 Å². The van der Waals surface area contributed by atoms with Gasteiger partial charge in [0.15, 0.2) is 0 Å². The van der Waals surface area contributed by atoms with E-state index in [0.717, 1.165) is 43.5 Å². The van der Waals surface area contributed by atoms with E-state index >= 15 is 0 Å². The lowest BCUT2D eigenvalue weighted by atomic mass is 9.85. The molecule has 5 rings (SSSR count). The van der Waals surface area contributed by atoms with Crippen molar-refractivity contribution in [2.75, 3.05) is 13.1 Å². The quantitative estimate of drug-likeness (QED) is 0.818.